The smallest absolute Gasteiger partial charge is 0.265 e. The van der Waals surface area contributed by atoms with Crippen LogP contribution in [-0.2, 0) is 16.0 Å². The lowest BCUT2D eigenvalue weighted by molar-refractivity contribution is -0.112. The molecule has 0 spiro atoms. The molecular weight excluding hydrogens is 372 g/mol. The number of carbonyl (C=O) groups excluding carboxylic acids is 2. The Morgan fingerprint density at radius 1 is 1.07 bits per heavy atom. The van der Waals surface area contributed by atoms with E-state index < -0.39 is 0 Å². The molecule has 0 saturated carbocycles. The molecule has 3 rings (SSSR count). The van der Waals surface area contributed by atoms with E-state index in [0.717, 1.165) is 12.2 Å². The Morgan fingerprint density at radius 2 is 1.89 bits per heavy atom. The average molecular weight is 397 g/mol. The highest BCUT2D eigenvalue weighted by atomic mass is 32.2. The number of rotatable bonds is 6. The second-order valence-electron chi connectivity index (χ2n) is 6.55. The summed E-state index contributed by atoms with van der Waals surface area (Å²) in [7, 11) is 0. The number of ether oxygens (including phenoxy) is 1. The van der Waals surface area contributed by atoms with Crippen LogP contribution in [0.3, 0.4) is 0 Å². The maximum Gasteiger partial charge on any atom is 0.265 e. The zero-order valence-corrected chi connectivity index (χ0v) is 16.9. The predicted octanol–water partition coefficient (Wildman–Crippen LogP) is 3.90. The summed E-state index contributed by atoms with van der Waals surface area (Å²) in [6.45, 7) is 5.03. The number of aryl methyl sites for hydroxylation is 1. The van der Waals surface area contributed by atoms with Crippen molar-refractivity contribution in [3.05, 3.63) is 75.9 Å². The van der Waals surface area contributed by atoms with Crippen molar-refractivity contribution in [3.63, 3.8) is 0 Å². The summed E-state index contributed by atoms with van der Waals surface area (Å²) in [6.07, 6.45) is 0.777. The summed E-state index contributed by atoms with van der Waals surface area (Å²) in [5.74, 6) is 1.03. The molecule has 1 heterocycles. The van der Waals surface area contributed by atoms with E-state index in [4.69, 9.17) is 4.74 Å². The Kier molecular flexibility index (Phi) is 6.76. The van der Waals surface area contributed by atoms with Gasteiger partial charge in [-0.2, -0.15) is 0 Å². The van der Waals surface area contributed by atoms with Crippen LogP contribution in [0.2, 0.25) is 0 Å². The summed E-state index contributed by atoms with van der Waals surface area (Å²) in [6, 6.07) is 15.1. The van der Waals surface area contributed by atoms with E-state index in [9.17, 15) is 9.59 Å². The SMILES string of the molecule is CC1=C(C(=O)Nc2cccc(C(=O)NCCc3ccccc3C)c2)SCCO1. The van der Waals surface area contributed by atoms with Crippen molar-refractivity contribution in [2.75, 3.05) is 24.2 Å². The number of amides is 2. The summed E-state index contributed by atoms with van der Waals surface area (Å²) >= 11 is 1.48. The number of nitrogens with one attached hydrogen (secondary N) is 2. The Bertz CT molecular complexity index is 908. The number of hydrogen-bond donors (Lipinski definition) is 2. The first kappa shape index (κ1) is 20.0. The molecule has 1 aliphatic heterocycles. The van der Waals surface area contributed by atoms with Crippen molar-refractivity contribution >= 4 is 29.3 Å². The van der Waals surface area contributed by atoms with E-state index >= 15 is 0 Å². The minimum absolute atomic E-state index is 0.157. The van der Waals surface area contributed by atoms with Crippen LogP contribution < -0.4 is 10.6 Å². The summed E-state index contributed by atoms with van der Waals surface area (Å²) < 4.78 is 5.43. The largest absolute Gasteiger partial charge is 0.496 e. The van der Waals surface area contributed by atoms with Crippen LogP contribution in [0.15, 0.2) is 59.2 Å². The van der Waals surface area contributed by atoms with E-state index in [-0.39, 0.29) is 11.8 Å². The van der Waals surface area contributed by atoms with Gasteiger partial charge in [-0.3, -0.25) is 9.59 Å². The van der Waals surface area contributed by atoms with Gasteiger partial charge in [0.1, 0.15) is 10.7 Å². The Morgan fingerprint density at radius 3 is 2.68 bits per heavy atom. The molecule has 0 fully saturated rings. The van der Waals surface area contributed by atoms with Crippen LogP contribution >= 0.6 is 11.8 Å². The monoisotopic (exact) mass is 396 g/mol. The zero-order chi connectivity index (χ0) is 19.9. The first-order valence-electron chi connectivity index (χ1n) is 9.25. The van der Waals surface area contributed by atoms with E-state index in [1.54, 1.807) is 31.2 Å². The minimum Gasteiger partial charge on any atom is -0.496 e. The number of anilines is 1. The van der Waals surface area contributed by atoms with Crippen LogP contribution in [0.4, 0.5) is 5.69 Å². The van der Waals surface area contributed by atoms with Crippen LogP contribution in [0.25, 0.3) is 0 Å². The lowest BCUT2D eigenvalue weighted by Gasteiger charge is -2.18. The second kappa shape index (κ2) is 9.46. The first-order chi connectivity index (χ1) is 13.5. The van der Waals surface area contributed by atoms with E-state index in [2.05, 4.69) is 29.7 Å². The zero-order valence-electron chi connectivity index (χ0n) is 16.1. The molecular formula is C22H24N2O3S. The van der Waals surface area contributed by atoms with Gasteiger partial charge < -0.3 is 15.4 Å². The fraction of sp³-hybridized carbons (Fsp3) is 0.273. The topological polar surface area (TPSA) is 67.4 Å². The number of benzene rings is 2. The third-order valence-corrected chi connectivity index (χ3v) is 5.63. The van der Waals surface area contributed by atoms with Gasteiger partial charge in [0.2, 0.25) is 0 Å². The average Bonchev–Trinajstić information content (AvgIpc) is 2.70. The maximum absolute atomic E-state index is 12.5. The van der Waals surface area contributed by atoms with E-state index in [1.807, 2.05) is 12.1 Å². The quantitative estimate of drug-likeness (QED) is 0.777. The summed E-state index contributed by atoms with van der Waals surface area (Å²) in [5, 5.41) is 5.79. The molecule has 2 N–H and O–H groups in total. The minimum atomic E-state index is -0.209. The molecule has 0 aromatic heterocycles. The van der Waals surface area contributed by atoms with Gasteiger partial charge in [-0.05, 0) is 49.6 Å². The van der Waals surface area contributed by atoms with Crippen molar-refractivity contribution < 1.29 is 14.3 Å². The Balaban J connectivity index is 1.58. The maximum atomic E-state index is 12.5. The lowest BCUT2D eigenvalue weighted by Crippen LogP contribution is -2.26. The number of allylic oxidation sites excluding steroid dienone is 1. The van der Waals surface area contributed by atoms with Gasteiger partial charge in [-0.25, -0.2) is 0 Å². The van der Waals surface area contributed by atoms with Crippen molar-refractivity contribution in [1.82, 2.24) is 5.32 Å². The molecule has 0 radical (unpaired) electrons. The van der Waals surface area contributed by atoms with Gasteiger partial charge in [-0.1, -0.05) is 30.3 Å². The molecule has 0 atom stereocenters. The van der Waals surface area contributed by atoms with Crippen LogP contribution in [-0.4, -0.2) is 30.7 Å². The Labute approximate surface area is 169 Å². The van der Waals surface area contributed by atoms with Crippen LogP contribution in [0, 0.1) is 6.92 Å². The lowest BCUT2D eigenvalue weighted by atomic mass is 10.1. The highest BCUT2D eigenvalue weighted by molar-refractivity contribution is 8.04. The summed E-state index contributed by atoms with van der Waals surface area (Å²) in [4.78, 5) is 25.5. The predicted molar refractivity (Wildman–Crippen MR) is 113 cm³/mol. The second-order valence-corrected chi connectivity index (χ2v) is 7.65. The normalized spacial score (nSPS) is 13.6. The molecule has 0 saturated heterocycles. The molecule has 1 aliphatic rings. The van der Waals surface area contributed by atoms with Gasteiger partial charge in [-0.15, -0.1) is 11.8 Å². The van der Waals surface area contributed by atoms with Crippen LogP contribution in [0.5, 0.6) is 0 Å². The van der Waals surface area contributed by atoms with Crippen molar-refractivity contribution in [2.45, 2.75) is 20.3 Å². The van der Waals surface area contributed by atoms with Crippen molar-refractivity contribution in [3.8, 4) is 0 Å². The highest BCUT2D eigenvalue weighted by Gasteiger charge is 2.19. The number of hydrogen-bond acceptors (Lipinski definition) is 4. The third-order valence-electron chi connectivity index (χ3n) is 4.50. The third kappa shape index (κ3) is 5.16. The number of thioether (sulfide) groups is 1. The standard InChI is InChI=1S/C22H24N2O3S/c1-15-6-3-4-7-17(15)10-11-23-21(25)18-8-5-9-19(14-18)24-22(26)20-16(2)27-12-13-28-20/h3-9,14H,10-13H2,1-2H3,(H,23,25)(H,24,26). The molecule has 0 aliphatic carbocycles. The van der Waals surface area contributed by atoms with Crippen molar-refractivity contribution in [1.29, 1.82) is 0 Å². The molecule has 0 unspecified atom stereocenters. The van der Waals surface area contributed by atoms with Gasteiger partial charge in [0.25, 0.3) is 11.8 Å². The molecule has 0 bridgehead atoms. The van der Waals surface area contributed by atoms with Crippen molar-refractivity contribution in [2.24, 2.45) is 0 Å². The molecule has 2 aromatic carbocycles. The van der Waals surface area contributed by atoms with E-state index in [1.165, 1.54) is 22.9 Å². The van der Waals surface area contributed by atoms with Crippen LogP contribution in [0.1, 0.15) is 28.4 Å². The van der Waals surface area contributed by atoms with E-state index in [0.29, 0.717) is 35.1 Å². The summed E-state index contributed by atoms with van der Waals surface area (Å²) in [5.41, 5.74) is 3.54. The van der Waals surface area contributed by atoms with Gasteiger partial charge in [0, 0.05) is 23.5 Å². The molecule has 2 amide bonds. The van der Waals surface area contributed by atoms with Gasteiger partial charge in [0.05, 0.1) is 6.61 Å². The van der Waals surface area contributed by atoms with Gasteiger partial charge >= 0.3 is 0 Å². The Hall–Kier alpha value is -2.73. The molecule has 28 heavy (non-hydrogen) atoms. The number of carbonyl (C=O) groups is 2. The molecule has 146 valence electrons. The first-order valence-corrected chi connectivity index (χ1v) is 10.2. The molecule has 5 nitrogen and oxygen atoms in total. The highest BCUT2D eigenvalue weighted by Crippen LogP contribution is 2.26. The fourth-order valence-corrected chi connectivity index (χ4v) is 3.78. The fourth-order valence-electron chi connectivity index (χ4n) is 2.96. The molecule has 6 heteroatoms. The molecule has 2 aromatic rings. The van der Waals surface area contributed by atoms with Gasteiger partial charge in [0.15, 0.2) is 0 Å².